The van der Waals surface area contributed by atoms with Crippen LogP contribution in [0.2, 0.25) is 0 Å². The summed E-state index contributed by atoms with van der Waals surface area (Å²) in [5.74, 6) is -1.90. The molecule has 0 saturated carbocycles. The van der Waals surface area contributed by atoms with E-state index in [1.165, 1.54) is 4.90 Å². The Morgan fingerprint density at radius 1 is 1.05 bits per heavy atom. The number of ether oxygens (including phenoxy) is 1. The number of para-hydroxylation sites is 1. The highest BCUT2D eigenvalue weighted by molar-refractivity contribution is 6.00. The van der Waals surface area contributed by atoms with Crippen LogP contribution in [-0.4, -0.2) is 45.9 Å². The highest BCUT2D eigenvalue weighted by Gasteiger charge is 2.43. The Morgan fingerprint density at radius 3 is 2.25 bits per heavy atom. The molecule has 0 bridgehead atoms. The molecule has 0 aromatic heterocycles. The van der Waals surface area contributed by atoms with Gasteiger partial charge in [-0.15, -0.1) is 0 Å². The van der Waals surface area contributed by atoms with Crippen LogP contribution in [-0.2, 0) is 19.1 Å². The Balaban J connectivity index is 2.69. The van der Waals surface area contributed by atoms with Crippen LogP contribution in [0.1, 0.15) is 77.1 Å². The molecule has 0 spiro atoms. The first-order chi connectivity index (χ1) is 18.6. The molecule has 0 saturated heterocycles. The molecule has 9 nitrogen and oxygen atoms in total. The normalized spacial score (nSPS) is 13.0. The van der Waals surface area contributed by atoms with Crippen LogP contribution in [0.5, 0.6) is 0 Å². The number of hydrogen-bond acceptors (Lipinski definition) is 5. The van der Waals surface area contributed by atoms with E-state index < -0.39 is 53.5 Å². The van der Waals surface area contributed by atoms with Crippen molar-refractivity contribution in [3.05, 3.63) is 71.8 Å². The predicted octanol–water partition coefficient (Wildman–Crippen LogP) is 5.10. The number of hydrogen-bond donors (Lipinski definition) is 3. The van der Waals surface area contributed by atoms with Crippen molar-refractivity contribution in [2.45, 2.75) is 84.5 Å². The van der Waals surface area contributed by atoms with Crippen LogP contribution in [0.4, 0.5) is 10.5 Å². The van der Waals surface area contributed by atoms with Gasteiger partial charge in [0.05, 0.1) is 6.42 Å². The van der Waals surface area contributed by atoms with Crippen molar-refractivity contribution < 1.29 is 23.9 Å². The van der Waals surface area contributed by atoms with Gasteiger partial charge in [-0.3, -0.25) is 14.4 Å². The molecular formula is C31H42N4O5. The van der Waals surface area contributed by atoms with Gasteiger partial charge >= 0.3 is 6.09 Å². The maximum absolute atomic E-state index is 14.3. The highest BCUT2D eigenvalue weighted by Crippen LogP contribution is 2.34. The quantitative estimate of drug-likeness (QED) is 0.358. The van der Waals surface area contributed by atoms with Crippen LogP contribution in [0.15, 0.2) is 55.1 Å². The molecule has 2 unspecified atom stereocenters. The van der Waals surface area contributed by atoms with Gasteiger partial charge < -0.3 is 26.0 Å². The monoisotopic (exact) mass is 550 g/mol. The molecule has 4 amide bonds. The number of primary amides is 1. The molecule has 0 aliphatic rings. The molecule has 9 heteroatoms. The summed E-state index contributed by atoms with van der Waals surface area (Å²) in [6.45, 7) is 16.3. The van der Waals surface area contributed by atoms with E-state index >= 15 is 0 Å². The summed E-state index contributed by atoms with van der Waals surface area (Å²) < 4.78 is 5.34. The Labute approximate surface area is 237 Å². The largest absolute Gasteiger partial charge is 0.444 e. The number of benzene rings is 2. The Morgan fingerprint density at radius 2 is 1.70 bits per heavy atom. The zero-order valence-electron chi connectivity index (χ0n) is 24.5. The maximum atomic E-state index is 14.3. The molecule has 40 heavy (non-hydrogen) atoms. The van der Waals surface area contributed by atoms with Gasteiger partial charge in [0.1, 0.15) is 17.7 Å². The van der Waals surface area contributed by atoms with Crippen molar-refractivity contribution in [1.29, 1.82) is 0 Å². The molecule has 0 aliphatic carbocycles. The fourth-order valence-corrected chi connectivity index (χ4v) is 4.15. The Kier molecular flexibility index (Phi) is 10.6. The zero-order chi connectivity index (χ0) is 30.3. The van der Waals surface area contributed by atoms with E-state index in [0.29, 0.717) is 17.7 Å². The number of nitrogens with zero attached hydrogens (tertiary/aromatic N) is 1. The Hall–Kier alpha value is -4.14. The molecule has 0 aliphatic heterocycles. The highest BCUT2D eigenvalue weighted by atomic mass is 16.6. The van der Waals surface area contributed by atoms with Crippen LogP contribution in [0.25, 0.3) is 6.08 Å². The van der Waals surface area contributed by atoms with E-state index in [9.17, 15) is 19.2 Å². The number of anilines is 1. The van der Waals surface area contributed by atoms with Gasteiger partial charge in [-0.1, -0.05) is 56.0 Å². The lowest BCUT2D eigenvalue weighted by Gasteiger charge is -2.44. The second kappa shape index (κ2) is 13.3. The smallest absolute Gasteiger partial charge is 0.408 e. The summed E-state index contributed by atoms with van der Waals surface area (Å²) in [7, 11) is 0. The number of nitrogens with one attached hydrogen (secondary N) is 2. The second-order valence-electron chi connectivity index (χ2n) is 11.3. The lowest BCUT2D eigenvalue weighted by molar-refractivity contribution is -0.148. The summed E-state index contributed by atoms with van der Waals surface area (Å²) >= 11 is 0. The fraction of sp³-hybridized carbons (Fsp3) is 0.419. The van der Waals surface area contributed by atoms with Crippen LogP contribution in [0.3, 0.4) is 0 Å². The number of aryl methyl sites for hydroxylation is 1. The molecule has 4 N–H and O–H groups in total. The van der Waals surface area contributed by atoms with Gasteiger partial charge in [0.25, 0.3) is 5.91 Å². The van der Waals surface area contributed by atoms with E-state index in [4.69, 9.17) is 10.5 Å². The van der Waals surface area contributed by atoms with Crippen molar-refractivity contribution in [3.63, 3.8) is 0 Å². The van der Waals surface area contributed by atoms with Crippen molar-refractivity contribution in [3.8, 4) is 0 Å². The van der Waals surface area contributed by atoms with Gasteiger partial charge in [0, 0.05) is 11.2 Å². The topological polar surface area (TPSA) is 131 Å². The van der Waals surface area contributed by atoms with Gasteiger partial charge in [-0.2, -0.15) is 0 Å². The average molecular weight is 551 g/mol. The third kappa shape index (κ3) is 8.69. The molecule has 2 aromatic rings. The lowest BCUT2D eigenvalue weighted by atomic mass is 9.91. The van der Waals surface area contributed by atoms with Gasteiger partial charge in [-0.05, 0) is 76.8 Å². The minimum absolute atomic E-state index is 0.458. The molecule has 2 atom stereocenters. The van der Waals surface area contributed by atoms with E-state index in [-0.39, 0.29) is 0 Å². The van der Waals surface area contributed by atoms with E-state index in [2.05, 4.69) is 17.2 Å². The van der Waals surface area contributed by atoms with Crippen molar-refractivity contribution in [1.82, 2.24) is 10.2 Å². The SMILES string of the molecule is C=Cc1cccc(C(C(=O)Nc2ccccc2C)N(C(=O)C(CC(N)=O)NC(=O)OC(C)(C)C)C(C)(C)CC)c1. The number of nitrogens with two attached hydrogens (primary N) is 1. The van der Waals surface area contributed by atoms with Crippen LogP contribution >= 0.6 is 0 Å². The summed E-state index contributed by atoms with van der Waals surface area (Å²) in [6, 6.07) is 12.0. The number of amides is 4. The first-order valence-corrected chi connectivity index (χ1v) is 13.3. The molecule has 2 aromatic carbocycles. The minimum atomic E-state index is -1.37. The van der Waals surface area contributed by atoms with Crippen LogP contribution in [0, 0.1) is 6.92 Å². The molecular weight excluding hydrogens is 508 g/mol. The third-order valence-corrected chi connectivity index (χ3v) is 6.52. The molecule has 216 valence electrons. The van der Waals surface area contributed by atoms with Gasteiger partial charge in [0.15, 0.2) is 0 Å². The maximum Gasteiger partial charge on any atom is 0.408 e. The number of alkyl carbamates (subject to hydrolysis) is 1. The molecule has 2 rings (SSSR count). The third-order valence-electron chi connectivity index (χ3n) is 6.52. The predicted molar refractivity (Wildman–Crippen MR) is 157 cm³/mol. The van der Waals surface area contributed by atoms with Crippen molar-refractivity contribution in [2.24, 2.45) is 5.73 Å². The zero-order valence-corrected chi connectivity index (χ0v) is 24.5. The summed E-state index contributed by atoms with van der Waals surface area (Å²) in [6.07, 6.45) is 0.754. The Bertz CT molecular complexity index is 1250. The van der Waals surface area contributed by atoms with Gasteiger partial charge in [0.2, 0.25) is 11.8 Å². The van der Waals surface area contributed by atoms with E-state index in [1.54, 1.807) is 51.1 Å². The summed E-state index contributed by atoms with van der Waals surface area (Å²) in [5, 5.41) is 5.47. The van der Waals surface area contributed by atoms with E-state index in [1.807, 2.05) is 52.0 Å². The minimum Gasteiger partial charge on any atom is -0.444 e. The lowest BCUT2D eigenvalue weighted by Crippen LogP contribution is -2.59. The number of carbonyl (C=O) groups is 4. The van der Waals surface area contributed by atoms with Crippen molar-refractivity contribution >= 4 is 35.6 Å². The van der Waals surface area contributed by atoms with Crippen molar-refractivity contribution in [2.75, 3.05) is 5.32 Å². The second-order valence-corrected chi connectivity index (χ2v) is 11.3. The van der Waals surface area contributed by atoms with Gasteiger partial charge in [-0.25, -0.2) is 4.79 Å². The summed E-state index contributed by atoms with van der Waals surface area (Å²) in [5.41, 5.74) is 6.50. The van der Waals surface area contributed by atoms with E-state index in [0.717, 1.165) is 11.1 Å². The summed E-state index contributed by atoms with van der Waals surface area (Å²) in [4.78, 5) is 54.6. The number of carbonyl (C=O) groups excluding carboxylic acids is 4. The molecule has 0 radical (unpaired) electrons. The molecule has 0 heterocycles. The first-order valence-electron chi connectivity index (χ1n) is 13.3. The fourth-order valence-electron chi connectivity index (χ4n) is 4.15. The number of rotatable bonds is 11. The first kappa shape index (κ1) is 32.1. The average Bonchev–Trinajstić information content (AvgIpc) is 2.86. The molecule has 0 fully saturated rings. The standard InChI is InChI=1S/C31H42N4O5/c1-9-21-15-13-16-22(18-21)26(27(37)33-23-17-12-11-14-20(23)3)35(31(7,8)10-2)28(38)24(19-25(32)36)34-29(39)40-30(4,5)6/h9,11-18,24,26H,1,10,19H2,2-8H3,(H2,32,36)(H,33,37)(H,34,39). The van der Waals surface area contributed by atoms with Crippen LogP contribution < -0.4 is 16.4 Å².